The fourth-order valence-corrected chi connectivity index (χ4v) is 2.66. The molecule has 0 bridgehead atoms. The van der Waals surface area contributed by atoms with Crippen LogP contribution in [0.1, 0.15) is 47.6 Å². The number of hydrogen-bond donors (Lipinski definition) is 1. The number of nitrogens with zero attached hydrogens (tertiary/aromatic N) is 3. The van der Waals surface area contributed by atoms with Crippen molar-refractivity contribution in [3.05, 3.63) is 53.1 Å². The first kappa shape index (κ1) is 20.6. The van der Waals surface area contributed by atoms with Gasteiger partial charge in [-0.25, -0.2) is 4.98 Å². The molecule has 0 atom stereocenters. The zero-order chi connectivity index (χ0) is 20.0. The van der Waals surface area contributed by atoms with Gasteiger partial charge in [0, 0.05) is 31.4 Å². The van der Waals surface area contributed by atoms with E-state index in [9.17, 15) is 9.59 Å². The molecule has 1 aromatic carbocycles. The molecule has 27 heavy (non-hydrogen) atoms. The Labute approximate surface area is 161 Å². The van der Waals surface area contributed by atoms with Gasteiger partial charge < -0.3 is 10.2 Å². The molecule has 1 N–H and O–H groups in total. The van der Waals surface area contributed by atoms with E-state index in [2.05, 4.69) is 15.3 Å². The first-order valence-electron chi connectivity index (χ1n) is 9.21. The SMILES string of the molecule is Cc1cnc(C(=O)N(CCC(=O)Nc2ccc(C)c(C)c2)CC(C)C)cn1. The number of aryl methyl sites for hydroxylation is 3. The summed E-state index contributed by atoms with van der Waals surface area (Å²) in [6.45, 7) is 10.8. The predicted octanol–water partition coefficient (Wildman–Crippen LogP) is 3.53. The molecule has 0 aliphatic heterocycles. The summed E-state index contributed by atoms with van der Waals surface area (Å²) in [6, 6.07) is 5.82. The lowest BCUT2D eigenvalue weighted by atomic mass is 10.1. The molecule has 0 saturated heterocycles. The number of hydrogen-bond acceptors (Lipinski definition) is 4. The topological polar surface area (TPSA) is 75.2 Å². The minimum atomic E-state index is -0.199. The van der Waals surface area contributed by atoms with Crippen molar-refractivity contribution in [3.8, 4) is 0 Å². The highest BCUT2D eigenvalue weighted by molar-refractivity contribution is 5.93. The lowest BCUT2D eigenvalue weighted by Crippen LogP contribution is -2.37. The molecule has 0 spiro atoms. The molecule has 0 unspecified atom stereocenters. The van der Waals surface area contributed by atoms with E-state index in [-0.39, 0.29) is 24.2 Å². The average molecular weight is 368 g/mol. The fourth-order valence-electron chi connectivity index (χ4n) is 2.66. The summed E-state index contributed by atoms with van der Waals surface area (Å²) in [6.07, 6.45) is 3.29. The molecule has 0 aliphatic carbocycles. The van der Waals surface area contributed by atoms with Crippen LogP contribution < -0.4 is 5.32 Å². The second-order valence-electron chi connectivity index (χ2n) is 7.29. The molecule has 0 saturated carbocycles. The van der Waals surface area contributed by atoms with Gasteiger partial charge in [0.1, 0.15) is 5.69 Å². The molecular formula is C21H28N4O2. The molecule has 2 rings (SSSR count). The molecule has 0 radical (unpaired) electrons. The lowest BCUT2D eigenvalue weighted by Gasteiger charge is -2.24. The van der Waals surface area contributed by atoms with Gasteiger partial charge in [-0.1, -0.05) is 19.9 Å². The normalized spacial score (nSPS) is 10.7. The van der Waals surface area contributed by atoms with Crippen LogP contribution in [0.15, 0.2) is 30.6 Å². The van der Waals surface area contributed by atoms with Crippen molar-refractivity contribution < 1.29 is 9.59 Å². The second-order valence-corrected chi connectivity index (χ2v) is 7.29. The maximum atomic E-state index is 12.7. The highest BCUT2D eigenvalue weighted by atomic mass is 16.2. The standard InChI is InChI=1S/C21H28N4O2/c1-14(2)13-25(21(27)19-12-22-17(5)11-23-19)9-8-20(26)24-18-7-6-15(3)16(4)10-18/h6-7,10-12,14H,8-9,13H2,1-5H3,(H,24,26). The first-order chi connectivity index (χ1) is 12.8. The van der Waals surface area contributed by atoms with Crippen LogP contribution in [0.5, 0.6) is 0 Å². The maximum Gasteiger partial charge on any atom is 0.274 e. The summed E-state index contributed by atoms with van der Waals surface area (Å²) in [7, 11) is 0. The van der Waals surface area contributed by atoms with Gasteiger partial charge in [-0.3, -0.25) is 14.6 Å². The van der Waals surface area contributed by atoms with Crippen LogP contribution >= 0.6 is 0 Å². The quantitative estimate of drug-likeness (QED) is 0.811. The molecule has 1 heterocycles. The Kier molecular flexibility index (Phi) is 7.05. The summed E-state index contributed by atoms with van der Waals surface area (Å²) in [5.41, 5.74) is 4.14. The van der Waals surface area contributed by atoms with E-state index < -0.39 is 0 Å². The minimum Gasteiger partial charge on any atom is -0.336 e. The summed E-state index contributed by atoms with van der Waals surface area (Å²) in [5.74, 6) is -0.0276. The van der Waals surface area contributed by atoms with Gasteiger partial charge in [0.2, 0.25) is 5.91 Å². The van der Waals surface area contributed by atoms with E-state index in [4.69, 9.17) is 0 Å². The largest absolute Gasteiger partial charge is 0.336 e. The van der Waals surface area contributed by atoms with Gasteiger partial charge in [-0.15, -0.1) is 0 Å². The molecule has 0 fully saturated rings. The van der Waals surface area contributed by atoms with Crippen LogP contribution in [0.2, 0.25) is 0 Å². The van der Waals surface area contributed by atoms with Gasteiger partial charge in [0.05, 0.1) is 11.9 Å². The summed E-state index contributed by atoms with van der Waals surface area (Å²) in [5, 5.41) is 2.90. The number of amides is 2. The lowest BCUT2D eigenvalue weighted by molar-refractivity contribution is -0.116. The smallest absolute Gasteiger partial charge is 0.274 e. The zero-order valence-corrected chi connectivity index (χ0v) is 16.7. The Bertz CT molecular complexity index is 800. The molecule has 0 aliphatic rings. The second kappa shape index (κ2) is 9.26. The Hall–Kier alpha value is -2.76. The number of benzene rings is 1. The highest BCUT2D eigenvalue weighted by Gasteiger charge is 2.19. The van der Waals surface area contributed by atoms with E-state index in [0.717, 1.165) is 16.9 Å². The molecule has 1 aromatic heterocycles. The summed E-state index contributed by atoms with van der Waals surface area (Å²) < 4.78 is 0. The number of anilines is 1. The van der Waals surface area contributed by atoms with Crippen LogP contribution in [0.4, 0.5) is 5.69 Å². The van der Waals surface area contributed by atoms with E-state index in [1.165, 1.54) is 11.8 Å². The molecule has 2 amide bonds. The van der Waals surface area contributed by atoms with Crippen molar-refractivity contribution >= 4 is 17.5 Å². The van der Waals surface area contributed by atoms with Crippen molar-refractivity contribution in [2.45, 2.75) is 41.0 Å². The van der Waals surface area contributed by atoms with Gasteiger partial charge >= 0.3 is 0 Å². The maximum absolute atomic E-state index is 12.7. The van der Waals surface area contributed by atoms with Crippen LogP contribution in [0.3, 0.4) is 0 Å². The first-order valence-corrected chi connectivity index (χ1v) is 9.21. The Balaban J connectivity index is 2.00. The summed E-state index contributed by atoms with van der Waals surface area (Å²) >= 11 is 0. The zero-order valence-electron chi connectivity index (χ0n) is 16.7. The Morgan fingerprint density at radius 2 is 1.81 bits per heavy atom. The van der Waals surface area contributed by atoms with Gasteiger partial charge in [0.15, 0.2) is 0 Å². The van der Waals surface area contributed by atoms with Gasteiger partial charge in [0.25, 0.3) is 5.91 Å². The van der Waals surface area contributed by atoms with Crippen LogP contribution in [0.25, 0.3) is 0 Å². The number of nitrogens with one attached hydrogen (secondary N) is 1. The van der Waals surface area contributed by atoms with Gasteiger partial charge in [-0.05, 0) is 49.9 Å². The van der Waals surface area contributed by atoms with E-state index >= 15 is 0 Å². The predicted molar refractivity (Wildman–Crippen MR) is 107 cm³/mol. The summed E-state index contributed by atoms with van der Waals surface area (Å²) in [4.78, 5) is 35.0. The van der Waals surface area contributed by atoms with Crippen LogP contribution in [-0.2, 0) is 4.79 Å². The number of rotatable bonds is 7. The van der Waals surface area contributed by atoms with Crippen LogP contribution in [0, 0.1) is 26.7 Å². The van der Waals surface area contributed by atoms with Crippen molar-refractivity contribution in [1.29, 1.82) is 0 Å². The number of carbonyl (C=O) groups is 2. The average Bonchev–Trinajstić information content (AvgIpc) is 2.61. The Morgan fingerprint density at radius 3 is 2.41 bits per heavy atom. The number of carbonyl (C=O) groups excluding carboxylic acids is 2. The van der Waals surface area contributed by atoms with E-state index in [1.807, 2.05) is 52.8 Å². The molecule has 2 aromatic rings. The highest BCUT2D eigenvalue weighted by Crippen LogP contribution is 2.14. The number of aromatic nitrogens is 2. The van der Waals surface area contributed by atoms with Gasteiger partial charge in [-0.2, -0.15) is 0 Å². The Morgan fingerprint density at radius 1 is 1.07 bits per heavy atom. The van der Waals surface area contributed by atoms with Crippen LogP contribution in [-0.4, -0.2) is 39.8 Å². The molecule has 6 nitrogen and oxygen atoms in total. The van der Waals surface area contributed by atoms with E-state index in [1.54, 1.807) is 11.1 Å². The molecular weight excluding hydrogens is 340 g/mol. The van der Waals surface area contributed by atoms with Crippen molar-refractivity contribution in [1.82, 2.24) is 14.9 Å². The molecule has 144 valence electrons. The van der Waals surface area contributed by atoms with Crippen molar-refractivity contribution in [2.24, 2.45) is 5.92 Å². The molecule has 6 heteroatoms. The third kappa shape index (κ3) is 6.16. The monoisotopic (exact) mass is 368 g/mol. The van der Waals surface area contributed by atoms with Crippen molar-refractivity contribution in [2.75, 3.05) is 18.4 Å². The minimum absolute atomic E-state index is 0.116. The van der Waals surface area contributed by atoms with Crippen molar-refractivity contribution in [3.63, 3.8) is 0 Å². The van der Waals surface area contributed by atoms with E-state index in [0.29, 0.717) is 18.8 Å². The fraction of sp³-hybridized carbons (Fsp3) is 0.429. The third-order valence-corrected chi connectivity index (χ3v) is 4.27. The third-order valence-electron chi connectivity index (χ3n) is 4.27.